The van der Waals surface area contributed by atoms with Gasteiger partial charge >= 0.3 is 0 Å². The maximum atomic E-state index is 4.66. The molecule has 1 aromatic heterocycles. The van der Waals surface area contributed by atoms with E-state index in [1.54, 1.807) is 6.34 Å². The highest BCUT2D eigenvalue weighted by atomic mass is 15.2. The molecule has 0 aliphatic carbocycles. The van der Waals surface area contributed by atoms with Gasteiger partial charge in [-0.2, -0.15) is 0 Å². The lowest BCUT2D eigenvalue weighted by Crippen LogP contribution is -2.40. The standard InChI is InChI=1S/C23H40N6/c1-8-10-11-14-29(7)22(18-27(4)5)15-21(16-25-19-24-3)20-12-13-23(26-17-20)28(6)9-2/h8,10,12-13,16-17,19,22H,9,11,14-15,18H2,1-7H3,(H,24,25)/b10-8?,21-16+. The third-order valence-electron chi connectivity index (χ3n) is 4.96. The number of aromatic nitrogens is 1. The highest BCUT2D eigenvalue weighted by molar-refractivity contribution is 5.68. The van der Waals surface area contributed by atoms with E-state index in [-0.39, 0.29) is 0 Å². The molecule has 0 saturated carbocycles. The summed E-state index contributed by atoms with van der Waals surface area (Å²) in [5.74, 6) is 0.989. The summed E-state index contributed by atoms with van der Waals surface area (Å²) in [6.07, 6.45) is 12.0. The van der Waals surface area contributed by atoms with E-state index in [4.69, 9.17) is 0 Å². The van der Waals surface area contributed by atoms with Crippen LogP contribution in [0.5, 0.6) is 0 Å². The average molecular weight is 401 g/mol. The Morgan fingerprint density at radius 1 is 1.24 bits per heavy atom. The normalized spacial score (nSPS) is 13.8. The van der Waals surface area contributed by atoms with Gasteiger partial charge in [0.15, 0.2) is 0 Å². The minimum Gasteiger partial charge on any atom is -0.379 e. The molecule has 1 heterocycles. The van der Waals surface area contributed by atoms with Crippen molar-refractivity contribution in [1.82, 2.24) is 20.1 Å². The second-order valence-electron chi connectivity index (χ2n) is 7.60. The van der Waals surface area contributed by atoms with Gasteiger partial charge in [0.2, 0.25) is 0 Å². The highest BCUT2D eigenvalue weighted by Gasteiger charge is 2.18. The summed E-state index contributed by atoms with van der Waals surface area (Å²) in [6, 6.07) is 4.64. The first-order valence-electron chi connectivity index (χ1n) is 10.4. The van der Waals surface area contributed by atoms with E-state index < -0.39 is 0 Å². The number of hydrogen-bond acceptors (Lipinski definition) is 5. The summed E-state index contributed by atoms with van der Waals surface area (Å²) in [5, 5.41) is 2.96. The van der Waals surface area contributed by atoms with Gasteiger partial charge in [0.1, 0.15) is 5.82 Å². The number of anilines is 1. The van der Waals surface area contributed by atoms with Gasteiger partial charge in [-0.25, -0.2) is 9.98 Å². The van der Waals surface area contributed by atoms with Crippen molar-refractivity contribution in [1.29, 1.82) is 0 Å². The molecule has 1 rings (SSSR count). The van der Waals surface area contributed by atoms with Crippen LogP contribution in [0.3, 0.4) is 0 Å². The smallest absolute Gasteiger partial charge is 0.128 e. The molecule has 0 amide bonds. The molecule has 0 aliphatic rings. The summed E-state index contributed by atoms with van der Waals surface area (Å²) < 4.78 is 0. The second kappa shape index (κ2) is 13.9. The quantitative estimate of drug-likeness (QED) is 0.313. The number of aliphatic imine (C=N–C) groups is 1. The molecule has 6 heteroatoms. The maximum absolute atomic E-state index is 4.66. The number of nitrogens with one attached hydrogen (secondary N) is 1. The molecular formula is C23H40N6. The van der Waals surface area contributed by atoms with Crippen LogP contribution in [0.4, 0.5) is 5.82 Å². The summed E-state index contributed by atoms with van der Waals surface area (Å²) >= 11 is 0. The van der Waals surface area contributed by atoms with Crippen LogP contribution in [-0.4, -0.2) is 82.0 Å². The van der Waals surface area contributed by atoms with Crippen LogP contribution in [0.2, 0.25) is 0 Å². The van der Waals surface area contributed by atoms with Crippen molar-refractivity contribution in [2.24, 2.45) is 4.99 Å². The largest absolute Gasteiger partial charge is 0.379 e. The summed E-state index contributed by atoms with van der Waals surface area (Å²) in [7, 11) is 10.4. The third-order valence-corrected chi connectivity index (χ3v) is 4.96. The van der Waals surface area contributed by atoms with Crippen LogP contribution in [-0.2, 0) is 0 Å². The molecule has 0 spiro atoms. The fourth-order valence-electron chi connectivity index (χ4n) is 3.07. The third kappa shape index (κ3) is 9.24. The zero-order valence-corrected chi connectivity index (χ0v) is 19.4. The fraction of sp³-hybridized carbons (Fsp3) is 0.565. The van der Waals surface area contributed by atoms with Crippen molar-refractivity contribution < 1.29 is 0 Å². The van der Waals surface area contributed by atoms with Gasteiger partial charge in [-0.15, -0.1) is 0 Å². The van der Waals surface area contributed by atoms with E-state index in [9.17, 15) is 0 Å². The number of nitrogens with zero attached hydrogens (tertiary/aromatic N) is 5. The van der Waals surface area contributed by atoms with Crippen molar-refractivity contribution in [3.63, 3.8) is 0 Å². The van der Waals surface area contributed by atoms with Gasteiger partial charge in [0.25, 0.3) is 0 Å². The molecule has 162 valence electrons. The lowest BCUT2D eigenvalue weighted by Gasteiger charge is -2.31. The molecule has 1 N–H and O–H groups in total. The van der Waals surface area contributed by atoms with Crippen molar-refractivity contribution in [3.8, 4) is 0 Å². The Morgan fingerprint density at radius 3 is 2.55 bits per heavy atom. The van der Waals surface area contributed by atoms with Crippen LogP contribution in [0.1, 0.15) is 32.3 Å². The molecule has 0 aliphatic heterocycles. The van der Waals surface area contributed by atoms with E-state index >= 15 is 0 Å². The monoisotopic (exact) mass is 400 g/mol. The van der Waals surface area contributed by atoms with Crippen molar-refractivity contribution in [3.05, 3.63) is 42.2 Å². The predicted octanol–water partition coefficient (Wildman–Crippen LogP) is 3.34. The summed E-state index contributed by atoms with van der Waals surface area (Å²) in [6.45, 7) is 7.16. The van der Waals surface area contributed by atoms with Gasteiger partial charge in [0, 0.05) is 52.2 Å². The summed E-state index contributed by atoms with van der Waals surface area (Å²) in [5.41, 5.74) is 2.32. The molecule has 0 radical (unpaired) electrons. The van der Waals surface area contributed by atoms with Crippen molar-refractivity contribution >= 4 is 17.7 Å². The van der Waals surface area contributed by atoms with Crippen molar-refractivity contribution in [2.75, 3.05) is 59.8 Å². The minimum absolute atomic E-state index is 0.393. The molecular weight excluding hydrogens is 360 g/mol. The summed E-state index contributed by atoms with van der Waals surface area (Å²) in [4.78, 5) is 15.9. The molecule has 0 fully saturated rings. The predicted molar refractivity (Wildman–Crippen MR) is 128 cm³/mol. The fourth-order valence-corrected chi connectivity index (χ4v) is 3.07. The molecule has 0 saturated heterocycles. The number of pyridine rings is 1. The Bertz CT molecular complexity index is 648. The molecule has 29 heavy (non-hydrogen) atoms. The first-order valence-corrected chi connectivity index (χ1v) is 10.4. The zero-order valence-electron chi connectivity index (χ0n) is 19.4. The van der Waals surface area contributed by atoms with Gasteiger partial charge in [0.05, 0.1) is 6.34 Å². The maximum Gasteiger partial charge on any atom is 0.128 e. The van der Waals surface area contributed by atoms with Gasteiger partial charge in [-0.05, 0) is 71.1 Å². The highest BCUT2D eigenvalue weighted by Crippen LogP contribution is 2.24. The first kappa shape index (κ1) is 24.9. The first-order chi connectivity index (χ1) is 13.9. The van der Waals surface area contributed by atoms with Crippen LogP contribution in [0, 0.1) is 0 Å². The number of likely N-dealkylation sites (N-methyl/N-ethyl adjacent to an activating group) is 2. The number of rotatable bonds is 13. The Hall–Kier alpha value is -2.18. The Morgan fingerprint density at radius 2 is 2.00 bits per heavy atom. The van der Waals surface area contributed by atoms with E-state index in [1.807, 2.05) is 19.4 Å². The van der Waals surface area contributed by atoms with E-state index in [0.29, 0.717) is 6.04 Å². The van der Waals surface area contributed by atoms with Gasteiger partial charge in [-0.1, -0.05) is 12.2 Å². The van der Waals surface area contributed by atoms with Crippen LogP contribution in [0.15, 0.2) is 41.7 Å². The number of hydrogen-bond donors (Lipinski definition) is 1. The lowest BCUT2D eigenvalue weighted by molar-refractivity contribution is 0.201. The van der Waals surface area contributed by atoms with E-state index in [1.165, 1.54) is 5.57 Å². The average Bonchev–Trinajstić information content (AvgIpc) is 2.71. The topological polar surface area (TPSA) is 47.0 Å². The second-order valence-corrected chi connectivity index (χ2v) is 7.60. The minimum atomic E-state index is 0.393. The van der Waals surface area contributed by atoms with E-state index in [0.717, 1.165) is 43.9 Å². The zero-order chi connectivity index (χ0) is 21.6. The number of allylic oxidation sites excluding steroid dienone is 1. The van der Waals surface area contributed by atoms with Gasteiger partial charge < -0.3 is 20.0 Å². The van der Waals surface area contributed by atoms with Crippen LogP contribution >= 0.6 is 0 Å². The van der Waals surface area contributed by atoms with E-state index in [2.05, 4.69) is 96.3 Å². The SMILES string of the molecule is CC=CCCN(C)C(C/C(=C\N=C\NC)c1ccc(N(C)CC)nc1)CN(C)C. The lowest BCUT2D eigenvalue weighted by atomic mass is 9.99. The van der Waals surface area contributed by atoms with Crippen molar-refractivity contribution in [2.45, 2.75) is 32.7 Å². The Labute approximate surface area is 178 Å². The molecule has 6 nitrogen and oxygen atoms in total. The molecule has 1 aromatic rings. The molecule has 0 aromatic carbocycles. The van der Waals surface area contributed by atoms with Crippen LogP contribution < -0.4 is 10.2 Å². The molecule has 1 unspecified atom stereocenters. The van der Waals surface area contributed by atoms with Crippen LogP contribution in [0.25, 0.3) is 5.57 Å². The molecule has 0 bridgehead atoms. The molecule has 1 atom stereocenters. The Balaban J connectivity index is 3.09. The van der Waals surface area contributed by atoms with Gasteiger partial charge in [-0.3, -0.25) is 0 Å². The Kier molecular flexibility index (Phi) is 11.9.